The Kier molecular flexibility index (Phi) is 6.03. The van der Waals surface area contributed by atoms with E-state index in [1.54, 1.807) is 6.07 Å². The molecule has 2 amide bonds. The second-order valence-electron chi connectivity index (χ2n) is 10.2. The van der Waals surface area contributed by atoms with Gasteiger partial charge in [0.15, 0.2) is 0 Å². The molecule has 35 heavy (non-hydrogen) atoms. The molecule has 6 nitrogen and oxygen atoms in total. The molecule has 1 aromatic carbocycles. The monoisotopic (exact) mass is 508 g/mol. The van der Waals surface area contributed by atoms with E-state index < -0.39 is 0 Å². The lowest BCUT2D eigenvalue weighted by Crippen LogP contribution is -2.31. The third kappa shape index (κ3) is 4.69. The normalized spacial score (nSPS) is 21.7. The number of aromatic nitrogens is 1. The van der Waals surface area contributed by atoms with Crippen molar-refractivity contribution in [3.05, 3.63) is 58.1 Å². The molecule has 1 N–H and O–H groups in total. The van der Waals surface area contributed by atoms with Gasteiger partial charge in [-0.2, -0.15) is 0 Å². The van der Waals surface area contributed by atoms with Crippen LogP contribution in [0.3, 0.4) is 0 Å². The van der Waals surface area contributed by atoms with Gasteiger partial charge in [0.05, 0.1) is 4.88 Å². The molecule has 1 aliphatic carbocycles. The van der Waals surface area contributed by atoms with Crippen molar-refractivity contribution in [3.8, 4) is 0 Å². The number of carbonyl (C=O) groups is 2. The van der Waals surface area contributed by atoms with Gasteiger partial charge < -0.3 is 15.1 Å². The Morgan fingerprint density at radius 3 is 2.66 bits per heavy atom. The molecule has 0 spiro atoms. The van der Waals surface area contributed by atoms with E-state index in [1.807, 2.05) is 17.0 Å². The van der Waals surface area contributed by atoms with Crippen molar-refractivity contribution in [1.29, 1.82) is 0 Å². The maximum absolute atomic E-state index is 12.8. The fraction of sp³-hybridized carbons (Fsp3) is 0.444. The Hall–Kier alpha value is -2.48. The van der Waals surface area contributed by atoms with E-state index in [1.165, 1.54) is 62.2 Å². The predicted molar refractivity (Wildman–Crippen MR) is 140 cm³/mol. The number of benzene rings is 1. The van der Waals surface area contributed by atoms with Crippen LogP contribution >= 0.6 is 22.9 Å². The molecule has 2 saturated heterocycles. The number of amides is 2. The first-order valence-corrected chi connectivity index (χ1v) is 13.7. The van der Waals surface area contributed by atoms with Gasteiger partial charge in [-0.3, -0.25) is 9.59 Å². The fourth-order valence-corrected chi connectivity index (χ4v) is 6.70. The smallest absolute Gasteiger partial charge is 0.261 e. The number of pyridine rings is 1. The zero-order valence-electron chi connectivity index (χ0n) is 19.6. The number of thiophene rings is 1. The molecule has 6 rings (SSSR count). The number of carbonyl (C=O) groups excluding carboxylic acids is 2. The summed E-state index contributed by atoms with van der Waals surface area (Å²) in [5.74, 6) is 0.0843. The average molecular weight is 509 g/mol. The maximum Gasteiger partial charge on any atom is 0.261 e. The first-order valence-electron chi connectivity index (χ1n) is 12.5. The van der Waals surface area contributed by atoms with E-state index in [9.17, 15) is 9.59 Å². The van der Waals surface area contributed by atoms with Crippen LogP contribution in [0.25, 0.3) is 10.2 Å². The quantitative estimate of drug-likeness (QED) is 0.463. The molecule has 0 bridgehead atoms. The number of hydrogen-bond donors (Lipinski definition) is 1. The Morgan fingerprint density at radius 2 is 1.91 bits per heavy atom. The minimum absolute atomic E-state index is 0.0954. The van der Waals surface area contributed by atoms with Gasteiger partial charge in [0.1, 0.15) is 9.98 Å². The van der Waals surface area contributed by atoms with Crippen LogP contribution < -0.4 is 10.2 Å². The van der Waals surface area contributed by atoms with Crippen LogP contribution in [0, 0.1) is 5.92 Å². The second kappa shape index (κ2) is 9.19. The van der Waals surface area contributed by atoms with Crippen LogP contribution in [-0.4, -0.2) is 54.4 Å². The third-order valence-electron chi connectivity index (χ3n) is 7.70. The summed E-state index contributed by atoms with van der Waals surface area (Å²) in [4.78, 5) is 35.5. The Morgan fingerprint density at radius 1 is 1.14 bits per heavy atom. The minimum Gasteiger partial charge on any atom is -0.351 e. The van der Waals surface area contributed by atoms with Crippen molar-refractivity contribution in [2.75, 3.05) is 37.6 Å². The highest BCUT2D eigenvalue weighted by Crippen LogP contribution is 2.49. The maximum atomic E-state index is 12.8. The molecular formula is C27H29ClN4O2S. The van der Waals surface area contributed by atoms with E-state index in [4.69, 9.17) is 11.6 Å². The predicted octanol–water partition coefficient (Wildman–Crippen LogP) is 4.86. The van der Waals surface area contributed by atoms with E-state index >= 15 is 0 Å². The first-order chi connectivity index (χ1) is 17.0. The summed E-state index contributed by atoms with van der Waals surface area (Å²) in [5.41, 5.74) is 2.68. The van der Waals surface area contributed by atoms with Gasteiger partial charge in [-0.05, 0) is 74.7 Å². The highest BCUT2D eigenvalue weighted by atomic mass is 35.5. The van der Waals surface area contributed by atoms with Crippen molar-refractivity contribution in [1.82, 2.24) is 15.2 Å². The molecule has 3 aromatic rings. The number of likely N-dealkylation sites (tertiary alicyclic amines) is 1. The van der Waals surface area contributed by atoms with Crippen molar-refractivity contribution in [2.24, 2.45) is 5.92 Å². The molecule has 1 saturated carbocycles. The van der Waals surface area contributed by atoms with Crippen LogP contribution in [0.5, 0.6) is 0 Å². The Labute approximate surface area is 214 Å². The topological polar surface area (TPSA) is 65.5 Å². The second-order valence-corrected chi connectivity index (χ2v) is 11.7. The summed E-state index contributed by atoms with van der Waals surface area (Å²) >= 11 is 7.29. The third-order valence-corrected chi connectivity index (χ3v) is 8.95. The molecule has 1 atom stereocenters. The molecule has 0 radical (unpaired) electrons. The number of hydrogen-bond acceptors (Lipinski definition) is 5. The highest BCUT2D eigenvalue weighted by molar-refractivity contribution is 7.20. The van der Waals surface area contributed by atoms with Crippen LogP contribution in [0.2, 0.25) is 5.15 Å². The number of rotatable bonds is 7. The van der Waals surface area contributed by atoms with Gasteiger partial charge in [-0.1, -0.05) is 23.7 Å². The van der Waals surface area contributed by atoms with Crippen LogP contribution in [-0.2, 0) is 10.2 Å². The number of halogens is 1. The molecular weight excluding hydrogens is 480 g/mol. The highest BCUT2D eigenvalue weighted by Gasteiger charge is 2.45. The number of fused-ring (bicyclic) bond motifs is 1. The van der Waals surface area contributed by atoms with Gasteiger partial charge in [0.25, 0.3) is 5.91 Å². The van der Waals surface area contributed by atoms with Gasteiger partial charge >= 0.3 is 0 Å². The summed E-state index contributed by atoms with van der Waals surface area (Å²) in [7, 11) is 0. The van der Waals surface area contributed by atoms with E-state index in [0.717, 1.165) is 15.9 Å². The number of anilines is 1. The molecule has 3 fully saturated rings. The average Bonchev–Trinajstić information content (AvgIpc) is 3.19. The lowest BCUT2D eigenvalue weighted by Gasteiger charge is -2.24. The summed E-state index contributed by atoms with van der Waals surface area (Å²) in [6, 6.07) is 14.1. The van der Waals surface area contributed by atoms with Crippen molar-refractivity contribution >= 4 is 50.7 Å². The lowest BCUT2D eigenvalue weighted by atomic mass is 9.95. The molecule has 1 unspecified atom stereocenters. The van der Waals surface area contributed by atoms with Crippen LogP contribution in [0.15, 0.2) is 42.5 Å². The van der Waals surface area contributed by atoms with E-state index in [0.29, 0.717) is 35.0 Å². The molecule has 8 heteroatoms. The number of nitrogens with zero attached hydrogens (tertiary/aromatic N) is 3. The Balaban J connectivity index is 1.06. The SMILES string of the molecule is O=C(NCC1CC(=O)N(c2ccc(C3(CN4CCCC4)CC3)cc2)C1)c1cc2ccc(Cl)nc2s1. The summed E-state index contributed by atoms with van der Waals surface area (Å²) in [6.45, 7) is 4.73. The zero-order chi connectivity index (χ0) is 24.0. The van der Waals surface area contributed by atoms with Crippen molar-refractivity contribution < 1.29 is 9.59 Å². The van der Waals surface area contributed by atoms with Crippen molar-refractivity contribution in [3.63, 3.8) is 0 Å². The molecule has 2 aromatic heterocycles. The van der Waals surface area contributed by atoms with Gasteiger partial charge in [-0.15, -0.1) is 11.3 Å². The van der Waals surface area contributed by atoms with Crippen LogP contribution in [0.4, 0.5) is 5.69 Å². The fourth-order valence-electron chi connectivity index (χ4n) is 5.55. The Bertz CT molecular complexity index is 1260. The van der Waals surface area contributed by atoms with Gasteiger partial charge in [-0.25, -0.2) is 4.98 Å². The van der Waals surface area contributed by atoms with Gasteiger partial charge in [0, 0.05) is 48.5 Å². The summed E-state index contributed by atoms with van der Waals surface area (Å²) < 4.78 is 0. The van der Waals surface area contributed by atoms with E-state index in [-0.39, 0.29) is 17.7 Å². The van der Waals surface area contributed by atoms with Crippen LogP contribution in [0.1, 0.15) is 47.3 Å². The van der Waals surface area contributed by atoms with E-state index in [2.05, 4.69) is 39.5 Å². The number of nitrogens with one attached hydrogen (secondary N) is 1. The molecule has 182 valence electrons. The zero-order valence-corrected chi connectivity index (χ0v) is 21.2. The molecule has 2 aliphatic heterocycles. The summed E-state index contributed by atoms with van der Waals surface area (Å²) in [5, 5.41) is 4.33. The summed E-state index contributed by atoms with van der Waals surface area (Å²) in [6.07, 6.45) is 5.62. The standard InChI is InChI=1S/C27H29ClN4O2S/c28-23-8-3-19-14-22(35-26(19)30-23)25(34)29-15-18-13-24(33)32(16-18)21-6-4-20(5-7-21)27(9-10-27)17-31-11-1-2-12-31/h3-8,14,18H,1-2,9-13,15-17H2,(H,29,34). The molecule has 4 heterocycles. The largest absolute Gasteiger partial charge is 0.351 e. The molecule has 3 aliphatic rings. The van der Waals surface area contributed by atoms with Gasteiger partial charge in [0.2, 0.25) is 5.91 Å². The lowest BCUT2D eigenvalue weighted by molar-refractivity contribution is -0.117. The first kappa shape index (κ1) is 23.0. The minimum atomic E-state index is -0.132. The van der Waals surface area contributed by atoms with Crippen molar-refractivity contribution in [2.45, 2.75) is 37.5 Å².